The molecule has 1 aromatic rings. The van der Waals surface area contributed by atoms with Crippen LogP contribution in [0.1, 0.15) is 37.7 Å². The molecule has 4 atom stereocenters. The van der Waals surface area contributed by atoms with Crippen LogP contribution in [-0.4, -0.2) is 47.5 Å². The Hall–Kier alpha value is -1.40. The van der Waals surface area contributed by atoms with Crippen LogP contribution in [0.3, 0.4) is 0 Å². The van der Waals surface area contributed by atoms with Gasteiger partial charge in [0, 0.05) is 44.9 Å². The average Bonchev–Trinajstić information content (AvgIpc) is 3.17. The van der Waals surface area contributed by atoms with Crippen molar-refractivity contribution >= 4 is 5.91 Å². The second-order valence-corrected chi connectivity index (χ2v) is 6.60. The first kappa shape index (κ1) is 15.5. The molecule has 3 rings (SSSR count). The quantitative estimate of drug-likeness (QED) is 0.844. The maximum absolute atomic E-state index is 12.6. The molecule has 0 saturated carbocycles. The second kappa shape index (κ2) is 6.79. The van der Waals surface area contributed by atoms with Crippen molar-refractivity contribution in [1.29, 1.82) is 0 Å². The van der Waals surface area contributed by atoms with Crippen molar-refractivity contribution in [3.8, 4) is 0 Å². The van der Waals surface area contributed by atoms with Crippen LogP contribution in [0.5, 0.6) is 0 Å². The molecule has 0 radical (unpaired) electrons. The van der Waals surface area contributed by atoms with E-state index in [0.717, 1.165) is 44.5 Å². The fourth-order valence-corrected chi connectivity index (χ4v) is 3.57. The number of nitrogens with one attached hydrogen (secondary N) is 2. The number of hydrogen-bond acceptors (Lipinski definition) is 4. The van der Waals surface area contributed by atoms with Gasteiger partial charge in [-0.2, -0.15) is 5.10 Å². The minimum Gasteiger partial charge on any atom is -0.378 e. The first-order chi connectivity index (χ1) is 10.6. The highest BCUT2D eigenvalue weighted by Gasteiger charge is 2.35. The van der Waals surface area contributed by atoms with Crippen LogP contribution in [-0.2, 0) is 16.6 Å². The molecule has 2 aliphatic heterocycles. The second-order valence-electron chi connectivity index (χ2n) is 6.60. The minimum absolute atomic E-state index is 0.0175. The van der Waals surface area contributed by atoms with E-state index in [1.165, 1.54) is 0 Å². The van der Waals surface area contributed by atoms with Crippen molar-refractivity contribution in [1.82, 2.24) is 20.4 Å². The number of hydrogen-bond donors (Lipinski definition) is 2. The van der Waals surface area contributed by atoms with Gasteiger partial charge >= 0.3 is 0 Å². The van der Waals surface area contributed by atoms with Gasteiger partial charge in [-0.25, -0.2) is 0 Å². The molecule has 0 spiro atoms. The Morgan fingerprint density at radius 1 is 1.59 bits per heavy atom. The van der Waals surface area contributed by atoms with E-state index in [0.29, 0.717) is 6.10 Å². The normalized spacial score (nSPS) is 29.6. The molecule has 6 heteroatoms. The molecule has 3 heterocycles. The van der Waals surface area contributed by atoms with E-state index >= 15 is 0 Å². The number of aromatic nitrogens is 2. The third-order valence-electron chi connectivity index (χ3n) is 4.73. The minimum atomic E-state index is -0.0175. The molecule has 2 fully saturated rings. The SMILES string of the molecule is CC(CC1CCCO1)NC(=O)[C@H]1CNC[C@@H]1c1cnn(C)c1. The Morgan fingerprint density at radius 2 is 2.45 bits per heavy atom. The Balaban J connectivity index is 1.56. The molecule has 0 aromatic carbocycles. The van der Waals surface area contributed by atoms with Crippen molar-refractivity contribution in [2.24, 2.45) is 13.0 Å². The third kappa shape index (κ3) is 3.50. The summed E-state index contributed by atoms with van der Waals surface area (Å²) in [6.45, 7) is 4.50. The van der Waals surface area contributed by atoms with Gasteiger partial charge in [0.1, 0.15) is 0 Å². The van der Waals surface area contributed by atoms with Gasteiger partial charge in [0.15, 0.2) is 0 Å². The molecule has 0 bridgehead atoms. The summed E-state index contributed by atoms with van der Waals surface area (Å²) < 4.78 is 7.44. The molecule has 2 aliphatic rings. The summed E-state index contributed by atoms with van der Waals surface area (Å²) in [6, 6.07) is 0.158. The molecule has 2 N–H and O–H groups in total. The molecule has 1 amide bonds. The maximum atomic E-state index is 12.6. The summed E-state index contributed by atoms with van der Waals surface area (Å²) in [7, 11) is 1.91. The molecule has 1 aromatic heterocycles. The predicted octanol–water partition coefficient (Wildman–Crippen LogP) is 0.797. The Bertz CT molecular complexity index is 510. The fourth-order valence-electron chi connectivity index (χ4n) is 3.57. The van der Waals surface area contributed by atoms with E-state index < -0.39 is 0 Å². The standard InChI is InChI=1S/C16H26N4O2/c1-11(6-13-4-3-5-22-13)19-16(21)15-9-17-8-14(15)12-7-18-20(2)10-12/h7,10-11,13-15,17H,3-6,8-9H2,1-2H3,(H,19,21)/t11?,13?,14-,15+/m1/s1. The summed E-state index contributed by atoms with van der Waals surface area (Å²) in [5, 5.41) is 10.7. The number of amides is 1. The van der Waals surface area contributed by atoms with E-state index in [-0.39, 0.29) is 23.8 Å². The summed E-state index contributed by atoms with van der Waals surface area (Å²) in [5.74, 6) is 0.337. The number of rotatable bonds is 5. The van der Waals surface area contributed by atoms with Gasteiger partial charge in [-0.05, 0) is 31.7 Å². The van der Waals surface area contributed by atoms with Crippen LogP contribution < -0.4 is 10.6 Å². The van der Waals surface area contributed by atoms with Crippen LogP contribution in [0.25, 0.3) is 0 Å². The predicted molar refractivity (Wildman–Crippen MR) is 83.5 cm³/mol. The highest BCUT2D eigenvalue weighted by Crippen LogP contribution is 2.28. The van der Waals surface area contributed by atoms with E-state index in [9.17, 15) is 4.79 Å². The lowest BCUT2D eigenvalue weighted by Gasteiger charge is -2.22. The lowest BCUT2D eigenvalue weighted by atomic mass is 9.90. The van der Waals surface area contributed by atoms with Gasteiger partial charge in [-0.15, -0.1) is 0 Å². The fraction of sp³-hybridized carbons (Fsp3) is 0.750. The number of aryl methyl sites for hydroxylation is 1. The molecule has 22 heavy (non-hydrogen) atoms. The first-order valence-electron chi connectivity index (χ1n) is 8.24. The van der Waals surface area contributed by atoms with Crippen molar-refractivity contribution in [3.05, 3.63) is 18.0 Å². The molecule has 2 unspecified atom stereocenters. The molecule has 6 nitrogen and oxygen atoms in total. The zero-order valence-electron chi connectivity index (χ0n) is 13.4. The van der Waals surface area contributed by atoms with Crippen LogP contribution >= 0.6 is 0 Å². The van der Waals surface area contributed by atoms with Gasteiger partial charge in [-0.1, -0.05) is 0 Å². The van der Waals surface area contributed by atoms with E-state index in [2.05, 4.69) is 22.7 Å². The average molecular weight is 306 g/mol. The summed E-state index contributed by atoms with van der Waals surface area (Å²) in [6.07, 6.45) is 7.35. The van der Waals surface area contributed by atoms with E-state index in [4.69, 9.17) is 4.74 Å². The van der Waals surface area contributed by atoms with Gasteiger partial charge in [0.25, 0.3) is 0 Å². The maximum Gasteiger partial charge on any atom is 0.225 e. The van der Waals surface area contributed by atoms with Gasteiger partial charge in [0.05, 0.1) is 18.2 Å². The smallest absolute Gasteiger partial charge is 0.225 e. The van der Waals surface area contributed by atoms with Crippen molar-refractivity contribution in [3.63, 3.8) is 0 Å². The topological polar surface area (TPSA) is 68.2 Å². The van der Waals surface area contributed by atoms with Crippen LogP contribution in [0.15, 0.2) is 12.4 Å². The van der Waals surface area contributed by atoms with Crippen LogP contribution in [0, 0.1) is 5.92 Å². The zero-order valence-corrected chi connectivity index (χ0v) is 13.4. The van der Waals surface area contributed by atoms with Crippen molar-refractivity contribution < 1.29 is 9.53 Å². The lowest BCUT2D eigenvalue weighted by molar-refractivity contribution is -0.125. The lowest BCUT2D eigenvalue weighted by Crippen LogP contribution is -2.41. The summed E-state index contributed by atoms with van der Waals surface area (Å²) in [5.41, 5.74) is 1.14. The number of carbonyl (C=O) groups is 1. The molecular weight excluding hydrogens is 280 g/mol. The summed E-state index contributed by atoms with van der Waals surface area (Å²) >= 11 is 0. The van der Waals surface area contributed by atoms with E-state index in [1.54, 1.807) is 4.68 Å². The Morgan fingerprint density at radius 3 is 3.14 bits per heavy atom. The molecule has 0 aliphatic carbocycles. The Kier molecular flexibility index (Phi) is 4.78. The van der Waals surface area contributed by atoms with Crippen LogP contribution in [0.4, 0.5) is 0 Å². The molecule has 122 valence electrons. The third-order valence-corrected chi connectivity index (χ3v) is 4.73. The highest BCUT2D eigenvalue weighted by atomic mass is 16.5. The highest BCUT2D eigenvalue weighted by molar-refractivity contribution is 5.80. The first-order valence-corrected chi connectivity index (χ1v) is 8.24. The molecule has 2 saturated heterocycles. The van der Waals surface area contributed by atoms with Crippen molar-refractivity contribution in [2.75, 3.05) is 19.7 Å². The number of ether oxygens (including phenoxy) is 1. The van der Waals surface area contributed by atoms with Gasteiger partial charge in [-0.3, -0.25) is 9.48 Å². The van der Waals surface area contributed by atoms with E-state index in [1.807, 2.05) is 19.4 Å². The van der Waals surface area contributed by atoms with Crippen molar-refractivity contribution in [2.45, 2.75) is 44.2 Å². The molecular formula is C16H26N4O2. The number of nitrogens with zero attached hydrogens (tertiary/aromatic N) is 2. The Labute approximate surface area is 131 Å². The largest absolute Gasteiger partial charge is 0.378 e. The van der Waals surface area contributed by atoms with Gasteiger partial charge < -0.3 is 15.4 Å². The van der Waals surface area contributed by atoms with Gasteiger partial charge in [0.2, 0.25) is 5.91 Å². The zero-order chi connectivity index (χ0) is 15.5. The monoisotopic (exact) mass is 306 g/mol. The van der Waals surface area contributed by atoms with Crippen LogP contribution in [0.2, 0.25) is 0 Å². The number of carbonyl (C=O) groups excluding carboxylic acids is 1. The summed E-state index contributed by atoms with van der Waals surface area (Å²) in [4.78, 5) is 12.6.